The molecule has 2 aliphatic rings. The Hall–Kier alpha value is -0.470. The summed E-state index contributed by atoms with van der Waals surface area (Å²) in [5.41, 5.74) is 3.24. The number of fused-ring (bicyclic) bond motifs is 1. The highest BCUT2D eigenvalue weighted by molar-refractivity contribution is 7.99. The second kappa shape index (κ2) is 7.69. The lowest BCUT2D eigenvalue weighted by atomic mass is 9.80. The average Bonchev–Trinajstić information content (AvgIpc) is 3.05. The summed E-state index contributed by atoms with van der Waals surface area (Å²) >= 11 is 2.22. The predicted molar refractivity (Wildman–Crippen MR) is 94.3 cm³/mol. The average molecular weight is 304 g/mol. The molecule has 21 heavy (non-hydrogen) atoms. The van der Waals surface area contributed by atoms with E-state index in [-0.39, 0.29) is 0 Å². The minimum absolute atomic E-state index is 0.673. The molecule has 0 aliphatic heterocycles. The maximum Gasteiger partial charge on any atom is 0.0161 e. The van der Waals surface area contributed by atoms with Gasteiger partial charge in [0, 0.05) is 17.0 Å². The number of rotatable bonds is 6. The fourth-order valence-corrected chi connectivity index (χ4v) is 5.49. The fraction of sp³-hybridized carbons (Fsp3) is 0.684. The molecule has 0 heterocycles. The maximum atomic E-state index is 3.58. The van der Waals surface area contributed by atoms with Gasteiger partial charge in [0.25, 0.3) is 0 Å². The summed E-state index contributed by atoms with van der Waals surface area (Å²) < 4.78 is 0. The van der Waals surface area contributed by atoms with Gasteiger partial charge in [0.2, 0.25) is 0 Å². The number of nitrogens with one attached hydrogen (secondary N) is 1. The smallest absolute Gasteiger partial charge is 0.0161 e. The van der Waals surface area contributed by atoms with Gasteiger partial charge in [-0.15, -0.1) is 0 Å². The number of hydrogen-bond donors (Lipinski definition) is 1. The van der Waals surface area contributed by atoms with Crippen molar-refractivity contribution >= 4 is 11.8 Å². The zero-order valence-electron chi connectivity index (χ0n) is 13.3. The molecule has 1 nitrogen and oxygen atoms in total. The summed E-state index contributed by atoms with van der Waals surface area (Å²) in [5, 5.41) is 4.53. The first-order valence-electron chi connectivity index (χ1n) is 8.73. The van der Waals surface area contributed by atoms with Crippen LogP contribution in [0.15, 0.2) is 24.3 Å². The van der Waals surface area contributed by atoms with Crippen LogP contribution in [-0.2, 0) is 6.42 Å². The molecule has 2 aliphatic carbocycles. The van der Waals surface area contributed by atoms with Gasteiger partial charge in [0.15, 0.2) is 0 Å². The molecular formula is C19H29NS. The van der Waals surface area contributed by atoms with Crippen molar-refractivity contribution in [1.82, 2.24) is 5.32 Å². The van der Waals surface area contributed by atoms with E-state index in [9.17, 15) is 0 Å². The standard InChI is InChI=1S/C19H29NS/c1-20-17(14-21-18-10-3-4-11-18)13-16-9-6-8-15-7-2-5-12-19(15)16/h2,5,7,12,16-18,20H,3-4,6,8-11,13-14H2,1H3. The summed E-state index contributed by atoms with van der Waals surface area (Å²) in [6.45, 7) is 0. The maximum absolute atomic E-state index is 3.58. The van der Waals surface area contributed by atoms with Gasteiger partial charge < -0.3 is 5.32 Å². The summed E-state index contributed by atoms with van der Waals surface area (Å²) in [6, 6.07) is 9.80. The van der Waals surface area contributed by atoms with E-state index in [0.29, 0.717) is 6.04 Å². The number of hydrogen-bond acceptors (Lipinski definition) is 2. The van der Waals surface area contributed by atoms with Crippen LogP contribution in [0.3, 0.4) is 0 Å². The van der Waals surface area contributed by atoms with Gasteiger partial charge in [-0.25, -0.2) is 0 Å². The molecule has 1 aromatic carbocycles. The van der Waals surface area contributed by atoms with Gasteiger partial charge >= 0.3 is 0 Å². The van der Waals surface area contributed by atoms with Crippen LogP contribution in [0, 0.1) is 0 Å². The Bertz CT molecular complexity index is 439. The Balaban J connectivity index is 1.56. The first kappa shape index (κ1) is 15.4. The quantitative estimate of drug-likeness (QED) is 0.813. The molecule has 2 heteroatoms. The molecule has 1 aromatic rings. The van der Waals surface area contributed by atoms with Crippen molar-refractivity contribution in [2.24, 2.45) is 0 Å². The molecule has 0 bridgehead atoms. The van der Waals surface area contributed by atoms with E-state index in [4.69, 9.17) is 0 Å². The van der Waals surface area contributed by atoms with Crippen LogP contribution in [0.2, 0.25) is 0 Å². The first-order valence-corrected chi connectivity index (χ1v) is 9.78. The second-order valence-electron chi connectivity index (χ2n) is 6.75. The van der Waals surface area contributed by atoms with Crippen LogP contribution in [0.25, 0.3) is 0 Å². The molecule has 116 valence electrons. The fourth-order valence-electron chi connectivity index (χ4n) is 4.02. The third-order valence-electron chi connectivity index (χ3n) is 5.31. The van der Waals surface area contributed by atoms with E-state index in [1.165, 1.54) is 57.1 Å². The first-order chi connectivity index (χ1) is 10.4. The Morgan fingerprint density at radius 3 is 2.76 bits per heavy atom. The zero-order chi connectivity index (χ0) is 14.5. The van der Waals surface area contributed by atoms with Crippen molar-refractivity contribution in [2.45, 2.75) is 68.6 Å². The molecule has 1 fully saturated rings. The van der Waals surface area contributed by atoms with Crippen LogP contribution in [0.1, 0.15) is 62.0 Å². The highest BCUT2D eigenvalue weighted by Gasteiger charge is 2.24. The van der Waals surface area contributed by atoms with Crippen LogP contribution in [0.4, 0.5) is 0 Å². The second-order valence-corrected chi connectivity index (χ2v) is 8.08. The lowest BCUT2D eigenvalue weighted by Crippen LogP contribution is -2.31. The van der Waals surface area contributed by atoms with Crippen molar-refractivity contribution in [3.63, 3.8) is 0 Å². The molecule has 0 aromatic heterocycles. The van der Waals surface area contributed by atoms with E-state index in [1.54, 1.807) is 11.1 Å². The van der Waals surface area contributed by atoms with E-state index in [0.717, 1.165) is 11.2 Å². The molecule has 1 N–H and O–H groups in total. The van der Waals surface area contributed by atoms with Gasteiger partial charge in [-0.3, -0.25) is 0 Å². The predicted octanol–water partition coefficient (Wildman–Crippen LogP) is 4.76. The zero-order valence-corrected chi connectivity index (χ0v) is 14.1. The normalized spacial score (nSPS) is 24.0. The number of thioether (sulfide) groups is 1. The molecule has 2 unspecified atom stereocenters. The van der Waals surface area contributed by atoms with Gasteiger partial charge in [-0.2, -0.15) is 11.8 Å². The largest absolute Gasteiger partial charge is 0.316 e. The molecule has 1 saturated carbocycles. The minimum atomic E-state index is 0.673. The van der Waals surface area contributed by atoms with E-state index in [1.807, 2.05) is 0 Å². The summed E-state index contributed by atoms with van der Waals surface area (Å²) in [4.78, 5) is 0. The van der Waals surface area contributed by atoms with Crippen LogP contribution in [0.5, 0.6) is 0 Å². The van der Waals surface area contributed by atoms with E-state index >= 15 is 0 Å². The van der Waals surface area contributed by atoms with Gasteiger partial charge in [-0.05, 0) is 62.6 Å². The Labute approximate surface area is 134 Å². The number of aryl methyl sites for hydroxylation is 1. The van der Waals surface area contributed by atoms with Crippen molar-refractivity contribution in [1.29, 1.82) is 0 Å². The Morgan fingerprint density at radius 1 is 1.14 bits per heavy atom. The third-order valence-corrected chi connectivity index (χ3v) is 6.84. The van der Waals surface area contributed by atoms with Gasteiger partial charge in [-0.1, -0.05) is 37.1 Å². The van der Waals surface area contributed by atoms with Crippen molar-refractivity contribution in [3.05, 3.63) is 35.4 Å². The van der Waals surface area contributed by atoms with Crippen molar-refractivity contribution in [2.75, 3.05) is 12.8 Å². The van der Waals surface area contributed by atoms with Crippen LogP contribution >= 0.6 is 11.8 Å². The van der Waals surface area contributed by atoms with Gasteiger partial charge in [0.1, 0.15) is 0 Å². The minimum Gasteiger partial charge on any atom is -0.316 e. The molecule has 0 spiro atoms. The lowest BCUT2D eigenvalue weighted by Gasteiger charge is -2.29. The summed E-state index contributed by atoms with van der Waals surface area (Å²) in [6.07, 6.45) is 11.2. The molecule has 0 saturated heterocycles. The summed E-state index contributed by atoms with van der Waals surface area (Å²) in [7, 11) is 2.15. The molecule has 3 rings (SSSR count). The molecule has 2 atom stereocenters. The molecule has 0 radical (unpaired) electrons. The summed E-state index contributed by atoms with van der Waals surface area (Å²) in [5.74, 6) is 2.07. The van der Waals surface area contributed by atoms with Crippen LogP contribution in [-0.4, -0.2) is 24.1 Å². The highest BCUT2D eigenvalue weighted by Crippen LogP contribution is 2.36. The monoisotopic (exact) mass is 303 g/mol. The lowest BCUT2D eigenvalue weighted by molar-refractivity contribution is 0.453. The molecular weight excluding hydrogens is 274 g/mol. The Morgan fingerprint density at radius 2 is 1.95 bits per heavy atom. The molecule has 0 amide bonds. The Kier molecular flexibility index (Phi) is 5.65. The van der Waals surface area contributed by atoms with Crippen LogP contribution < -0.4 is 5.32 Å². The van der Waals surface area contributed by atoms with Gasteiger partial charge in [0.05, 0.1) is 0 Å². The third kappa shape index (κ3) is 4.04. The number of benzene rings is 1. The van der Waals surface area contributed by atoms with Crippen molar-refractivity contribution < 1.29 is 0 Å². The van der Waals surface area contributed by atoms with Crippen molar-refractivity contribution in [3.8, 4) is 0 Å². The highest BCUT2D eigenvalue weighted by atomic mass is 32.2. The topological polar surface area (TPSA) is 12.0 Å². The SMILES string of the molecule is CNC(CSC1CCCC1)CC1CCCc2ccccc21. The van der Waals surface area contributed by atoms with E-state index in [2.05, 4.69) is 48.4 Å². The van der Waals surface area contributed by atoms with E-state index < -0.39 is 0 Å².